The van der Waals surface area contributed by atoms with Crippen molar-refractivity contribution in [3.05, 3.63) is 35.9 Å². The normalized spacial score (nSPS) is 13.2. The standard InChI is InChI=1S/C13H20NO2/c1-11(13(15)16-4)14(2,3)10-12-8-6-5-7-9-12/h5-9,11H,10H2,1-4H3/q+1/t11-/m1/s1. The third-order valence-electron chi connectivity index (χ3n) is 3.02. The highest BCUT2D eigenvalue weighted by Gasteiger charge is 2.31. The molecule has 1 aromatic rings. The highest BCUT2D eigenvalue weighted by Crippen LogP contribution is 2.14. The lowest BCUT2D eigenvalue weighted by Gasteiger charge is -2.34. The van der Waals surface area contributed by atoms with Crippen molar-refractivity contribution < 1.29 is 14.0 Å². The number of methoxy groups -OCH3 is 1. The predicted molar refractivity (Wildman–Crippen MR) is 63.7 cm³/mol. The number of hydrogen-bond acceptors (Lipinski definition) is 2. The summed E-state index contributed by atoms with van der Waals surface area (Å²) in [4.78, 5) is 11.5. The number of likely N-dealkylation sites (N-methyl/N-ethyl adjacent to an activating group) is 1. The minimum absolute atomic E-state index is 0.162. The second-order valence-corrected chi connectivity index (χ2v) is 4.62. The summed E-state index contributed by atoms with van der Waals surface area (Å²) in [6.45, 7) is 2.71. The van der Waals surface area contributed by atoms with Gasteiger partial charge in [0.15, 0.2) is 6.04 Å². The monoisotopic (exact) mass is 222 g/mol. The maximum absolute atomic E-state index is 11.5. The molecule has 0 aliphatic heterocycles. The Morgan fingerprint density at radius 2 is 1.88 bits per heavy atom. The van der Waals surface area contributed by atoms with E-state index in [0.29, 0.717) is 4.48 Å². The Morgan fingerprint density at radius 3 is 2.38 bits per heavy atom. The summed E-state index contributed by atoms with van der Waals surface area (Å²) in [7, 11) is 5.50. The third kappa shape index (κ3) is 3.07. The molecule has 88 valence electrons. The number of carbonyl (C=O) groups is 1. The number of quaternary nitrogens is 1. The van der Waals surface area contributed by atoms with Crippen molar-refractivity contribution in [2.75, 3.05) is 21.2 Å². The molecule has 0 fully saturated rings. The van der Waals surface area contributed by atoms with Gasteiger partial charge in [0.2, 0.25) is 0 Å². The molecule has 3 heteroatoms. The van der Waals surface area contributed by atoms with Crippen molar-refractivity contribution in [2.24, 2.45) is 0 Å². The van der Waals surface area contributed by atoms with Crippen molar-refractivity contribution in [2.45, 2.75) is 19.5 Å². The second kappa shape index (κ2) is 5.12. The predicted octanol–water partition coefficient (Wildman–Crippen LogP) is 1.82. The van der Waals surface area contributed by atoms with Crippen molar-refractivity contribution in [1.29, 1.82) is 0 Å². The quantitative estimate of drug-likeness (QED) is 0.574. The molecule has 0 heterocycles. The van der Waals surface area contributed by atoms with Crippen LogP contribution in [-0.4, -0.2) is 37.7 Å². The van der Waals surface area contributed by atoms with Crippen LogP contribution in [0.15, 0.2) is 30.3 Å². The van der Waals surface area contributed by atoms with Gasteiger partial charge < -0.3 is 9.22 Å². The van der Waals surface area contributed by atoms with E-state index in [2.05, 4.69) is 12.1 Å². The van der Waals surface area contributed by atoms with E-state index in [1.807, 2.05) is 39.2 Å². The van der Waals surface area contributed by atoms with Gasteiger partial charge in [-0.15, -0.1) is 0 Å². The molecule has 0 bridgehead atoms. The van der Waals surface area contributed by atoms with Gasteiger partial charge in [-0.3, -0.25) is 0 Å². The molecule has 0 radical (unpaired) electrons. The van der Waals surface area contributed by atoms with Crippen LogP contribution in [0.3, 0.4) is 0 Å². The Morgan fingerprint density at radius 1 is 1.31 bits per heavy atom. The van der Waals surface area contributed by atoms with Crippen molar-refractivity contribution in [3.8, 4) is 0 Å². The molecule has 0 aliphatic rings. The Labute approximate surface area is 97.2 Å². The van der Waals surface area contributed by atoms with Gasteiger partial charge in [-0.1, -0.05) is 30.3 Å². The molecular weight excluding hydrogens is 202 g/mol. The zero-order valence-corrected chi connectivity index (χ0v) is 10.4. The first-order chi connectivity index (χ1) is 7.47. The summed E-state index contributed by atoms with van der Waals surface area (Å²) in [5.41, 5.74) is 1.23. The molecule has 1 aromatic carbocycles. The molecule has 0 N–H and O–H groups in total. The molecule has 16 heavy (non-hydrogen) atoms. The summed E-state index contributed by atoms with van der Waals surface area (Å²) in [5, 5.41) is 0. The lowest BCUT2D eigenvalue weighted by atomic mass is 10.1. The number of nitrogens with zero attached hydrogens (tertiary/aromatic N) is 1. The lowest BCUT2D eigenvalue weighted by Crippen LogP contribution is -2.50. The first-order valence-electron chi connectivity index (χ1n) is 5.42. The second-order valence-electron chi connectivity index (χ2n) is 4.62. The van der Waals surface area contributed by atoms with Crippen LogP contribution < -0.4 is 0 Å². The molecule has 0 saturated heterocycles. The highest BCUT2D eigenvalue weighted by molar-refractivity contribution is 5.73. The van der Waals surface area contributed by atoms with E-state index in [0.717, 1.165) is 6.54 Å². The first-order valence-corrected chi connectivity index (χ1v) is 5.42. The van der Waals surface area contributed by atoms with Gasteiger partial charge in [0, 0.05) is 5.56 Å². The smallest absolute Gasteiger partial charge is 0.364 e. The number of benzene rings is 1. The molecule has 0 amide bonds. The Kier molecular flexibility index (Phi) is 4.07. The Bertz CT molecular complexity index is 346. The summed E-state index contributed by atoms with van der Waals surface area (Å²) < 4.78 is 5.38. The van der Waals surface area contributed by atoms with Crippen molar-refractivity contribution in [3.63, 3.8) is 0 Å². The van der Waals surface area contributed by atoms with E-state index in [9.17, 15) is 4.79 Å². The van der Waals surface area contributed by atoms with E-state index >= 15 is 0 Å². The van der Waals surface area contributed by atoms with Crippen LogP contribution in [0, 0.1) is 0 Å². The van der Waals surface area contributed by atoms with E-state index in [4.69, 9.17) is 4.74 Å². The van der Waals surface area contributed by atoms with Gasteiger partial charge in [-0.05, 0) is 6.92 Å². The largest absolute Gasteiger partial charge is 0.465 e. The van der Waals surface area contributed by atoms with Gasteiger partial charge >= 0.3 is 5.97 Å². The van der Waals surface area contributed by atoms with Gasteiger partial charge in [0.05, 0.1) is 21.2 Å². The fourth-order valence-electron chi connectivity index (χ4n) is 1.65. The number of ether oxygens (including phenoxy) is 1. The fourth-order valence-corrected chi connectivity index (χ4v) is 1.65. The minimum Gasteiger partial charge on any atom is -0.465 e. The van der Waals surface area contributed by atoms with Crippen LogP contribution in [0.1, 0.15) is 12.5 Å². The van der Waals surface area contributed by atoms with Crippen LogP contribution in [0.2, 0.25) is 0 Å². The summed E-state index contributed by atoms with van der Waals surface area (Å²) in [6.07, 6.45) is 0. The van der Waals surface area contributed by atoms with Crippen LogP contribution >= 0.6 is 0 Å². The zero-order chi connectivity index (χ0) is 12.2. The van der Waals surface area contributed by atoms with Gasteiger partial charge in [0.25, 0.3) is 0 Å². The Balaban J connectivity index is 2.75. The van der Waals surface area contributed by atoms with Crippen LogP contribution in [-0.2, 0) is 16.1 Å². The van der Waals surface area contributed by atoms with Gasteiger partial charge in [-0.25, -0.2) is 4.79 Å². The molecule has 3 nitrogen and oxygen atoms in total. The SMILES string of the molecule is COC(=O)[C@@H](C)[N+](C)(C)Cc1ccccc1. The maximum atomic E-state index is 11.5. The van der Waals surface area contributed by atoms with Crippen molar-refractivity contribution >= 4 is 5.97 Å². The number of hydrogen-bond donors (Lipinski definition) is 0. The fraction of sp³-hybridized carbons (Fsp3) is 0.462. The molecule has 0 aliphatic carbocycles. The first kappa shape index (κ1) is 12.7. The lowest BCUT2D eigenvalue weighted by molar-refractivity contribution is -0.917. The molecule has 0 spiro atoms. The van der Waals surface area contributed by atoms with Crippen molar-refractivity contribution in [1.82, 2.24) is 0 Å². The van der Waals surface area contributed by atoms with E-state index < -0.39 is 0 Å². The van der Waals surface area contributed by atoms with E-state index in [1.165, 1.54) is 12.7 Å². The van der Waals surface area contributed by atoms with Crippen LogP contribution in [0.4, 0.5) is 0 Å². The van der Waals surface area contributed by atoms with E-state index in [-0.39, 0.29) is 12.0 Å². The zero-order valence-electron chi connectivity index (χ0n) is 10.4. The molecule has 1 atom stereocenters. The van der Waals surface area contributed by atoms with E-state index in [1.54, 1.807) is 0 Å². The van der Waals surface area contributed by atoms with Gasteiger partial charge in [-0.2, -0.15) is 0 Å². The van der Waals surface area contributed by atoms with Gasteiger partial charge in [0.1, 0.15) is 6.54 Å². The summed E-state index contributed by atoms with van der Waals surface area (Å²) in [5.74, 6) is -0.166. The molecule has 0 aromatic heterocycles. The average Bonchev–Trinajstić information content (AvgIpc) is 2.27. The molecular formula is C13H20NO2+. The molecule has 1 rings (SSSR count). The minimum atomic E-state index is -0.166. The van der Waals surface area contributed by atoms with Crippen LogP contribution in [0.5, 0.6) is 0 Å². The summed E-state index contributed by atoms with van der Waals surface area (Å²) >= 11 is 0. The number of rotatable bonds is 4. The molecule has 0 unspecified atom stereocenters. The van der Waals surface area contributed by atoms with Crippen LogP contribution in [0.25, 0.3) is 0 Å². The Hall–Kier alpha value is -1.35. The average molecular weight is 222 g/mol. The number of carbonyl (C=O) groups excluding carboxylic acids is 1. The maximum Gasteiger partial charge on any atom is 0.364 e. The topological polar surface area (TPSA) is 26.3 Å². The third-order valence-corrected chi connectivity index (χ3v) is 3.02. The number of esters is 1. The molecule has 0 saturated carbocycles. The summed E-state index contributed by atoms with van der Waals surface area (Å²) in [6, 6.07) is 10.0. The highest BCUT2D eigenvalue weighted by atomic mass is 16.5.